The average Bonchev–Trinajstić information content (AvgIpc) is 2.27. The average molecular weight is 293 g/mol. The van der Waals surface area contributed by atoms with Gasteiger partial charge in [0.15, 0.2) is 0 Å². The van der Waals surface area contributed by atoms with Crippen molar-refractivity contribution in [2.24, 2.45) is 0 Å². The van der Waals surface area contributed by atoms with E-state index in [1.807, 2.05) is 0 Å². The van der Waals surface area contributed by atoms with Crippen molar-refractivity contribution in [1.29, 1.82) is 0 Å². The molecule has 1 unspecified atom stereocenters. The van der Waals surface area contributed by atoms with Gasteiger partial charge in [-0.3, -0.25) is 0 Å². The van der Waals surface area contributed by atoms with Crippen molar-refractivity contribution < 1.29 is 21.9 Å². The molecule has 0 spiro atoms. The molecule has 0 heterocycles. The van der Waals surface area contributed by atoms with Gasteiger partial charge in [0.25, 0.3) is 0 Å². The first-order valence-electron chi connectivity index (χ1n) is 5.89. The van der Waals surface area contributed by atoms with Crippen molar-refractivity contribution in [3.05, 3.63) is 29.8 Å². The highest BCUT2D eigenvalue weighted by Crippen LogP contribution is 2.26. The van der Waals surface area contributed by atoms with E-state index in [4.69, 9.17) is 0 Å². The highest BCUT2D eigenvalue weighted by atomic mass is 32.2. The zero-order chi connectivity index (χ0) is 14.5. The monoisotopic (exact) mass is 293 g/mol. The molecule has 0 aliphatic carbocycles. The molecule has 1 N–H and O–H groups in total. The Morgan fingerprint density at radius 3 is 2.53 bits per heavy atom. The van der Waals surface area contributed by atoms with Crippen LogP contribution in [-0.4, -0.2) is 20.8 Å². The number of nitrogens with one attached hydrogen (secondary N) is 1. The molecule has 1 rings (SSSR count). The number of hydrogen-bond donors (Lipinski definition) is 1. The van der Waals surface area contributed by atoms with Crippen LogP contribution < -0.4 is 9.46 Å². The van der Waals surface area contributed by atoms with Crippen LogP contribution in [0.1, 0.15) is 31.9 Å². The van der Waals surface area contributed by atoms with Crippen LogP contribution >= 0.6 is 0 Å². The standard InChI is InChI=1S/C12H17F2NO3S/c1-3-8-19(16,17)15-9(2)10-6-4-5-7-11(10)18-12(13)14/h4-7,9,12,15H,3,8H2,1-2H3. The zero-order valence-corrected chi connectivity index (χ0v) is 11.6. The topological polar surface area (TPSA) is 55.4 Å². The van der Waals surface area contributed by atoms with Crippen molar-refractivity contribution in [2.45, 2.75) is 32.9 Å². The van der Waals surface area contributed by atoms with E-state index in [2.05, 4.69) is 9.46 Å². The maximum absolute atomic E-state index is 12.3. The Balaban J connectivity index is 2.90. The summed E-state index contributed by atoms with van der Waals surface area (Å²) in [6.07, 6.45) is 0.483. The molecule has 0 radical (unpaired) electrons. The van der Waals surface area contributed by atoms with Gasteiger partial charge in [-0.1, -0.05) is 25.1 Å². The number of benzene rings is 1. The lowest BCUT2D eigenvalue weighted by atomic mass is 10.1. The van der Waals surface area contributed by atoms with Gasteiger partial charge in [0, 0.05) is 11.6 Å². The maximum atomic E-state index is 12.3. The Morgan fingerprint density at radius 2 is 1.95 bits per heavy atom. The molecule has 0 saturated heterocycles. The molecule has 19 heavy (non-hydrogen) atoms. The Kier molecular flexibility index (Phi) is 5.68. The predicted molar refractivity (Wildman–Crippen MR) is 68.7 cm³/mol. The number of sulfonamides is 1. The van der Waals surface area contributed by atoms with Crippen molar-refractivity contribution in [3.63, 3.8) is 0 Å². The van der Waals surface area contributed by atoms with Crippen LogP contribution in [0.4, 0.5) is 8.78 Å². The number of halogens is 2. The van der Waals surface area contributed by atoms with Crippen molar-refractivity contribution >= 4 is 10.0 Å². The summed E-state index contributed by atoms with van der Waals surface area (Å²) in [5, 5.41) is 0. The van der Waals surface area contributed by atoms with Gasteiger partial charge in [-0.15, -0.1) is 0 Å². The van der Waals surface area contributed by atoms with Gasteiger partial charge in [0.2, 0.25) is 10.0 Å². The molecule has 0 bridgehead atoms. The van der Waals surface area contributed by atoms with Crippen molar-refractivity contribution in [3.8, 4) is 5.75 Å². The first-order valence-corrected chi connectivity index (χ1v) is 7.54. The van der Waals surface area contributed by atoms with Gasteiger partial charge >= 0.3 is 6.61 Å². The number of para-hydroxylation sites is 1. The predicted octanol–water partition coefficient (Wildman–Crippen LogP) is 2.68. The minimum Gasteiger partial charge on any atom is -0.434 e. The second kappa shape index (κ2) is 6.81. The van der Waals surface area contributed by atoms with Gasteiger partial charge in [-0.05, 0) is 19.4 Å². The van der Waals surface area contributed by atoms with Gasteiger partial charge in [0.1, 0.15) is 5.75 Å². The van der Waals surface area contributed by atoms with Crippen LogP contribution in [0.15, 0.2) is 24.3 Å². The first-order chi connectivity index (χ1) is 8.85. The number of rotatable bonds is 7. The largest absolute Gasteiger partial charge is 0.434 e. The SMILES string of the molecule is CCCS(=O)(=O)NC(C)c1ccccc1OC(F)F. The van der Waals surface area contributed by atoms with E-state index >= 15 is 0 Å². The summed E-state index contributed by atoms with van der Waals surface area (Å²) < 4.78 is 54.6. The van der Waals surface area contributed by atoms with Crippen LogP contribution in [0.5, 0.6) is 5.75 Å². The highest BCUT2D eigenvalue weighted by Gasteiger charge is 2.19. The number of ether oxygens (including phenoxy) is 1. The normalized spacial score (nSPS) is 13.5. The van der Waals surface area contributed by atoms with E-state index < -0.39 is 22.7 Å². The van der Waals surface area contributed by atoms with Crippen LogP contribution in [0, 0.1) is 0 Å². The van der Waals surface area contributed by atoms with E-state index in [-0.39, 0.29) is 11.5 Å². The molecule has 4 nitrogen and oxygen atoms in total. The lowest BCUT2D eigenvalue weighted by molar-refractivity contribution is -0.0506. The summed E-state index contributed by atoms with van der Waals surface area (Å²) >= 11 is 0. The van der Waals surface area contributed by atoms with Gasteiger partial charge in [-0.25, -0.2) is 13.1 Å². The summed E-state index contributed by atoms with van der Waals surface area (Å²) in [4.78, 5) is 0. The molecule has 7 heteroatoms. The van der Waals surface area contributed by atoms with E-state index in [0.717, 1.165) is 0 Å². The Bertz CT molecular complexity index is 505. The van der Waals surface area contributed by atoms with Crippen molar-refractivity contribution in [1.82, 2.24) is 4.72 Å². The maximum Gasteiger partial charge on any atom is 0.387 e. The summed E-state index contributed by atoms with van der Waals surface area (Å²) in [6.45, 7) is 0.388. The van der Waals surface area contributed by atoms with Gasteiger partial charge in [0.05, 0.1) is 5.75 Å². The van der Waals surface area contributed by atoms with E-state index in [9.17, 15) is 17.2 Å². The Hall–Kier alpha value is -1.21. The van der Waals surface area contributed by atoms with E-state index in [1.165, 1.54) is 6.07 Å². The molecule has 1 atom stereocenters. The fourth-order valence-corrected chi connectivity index (χ4v) is 3.02. The molecular formula is C12H17F2NO3S. The third kappa shape index (κ3) is 5.12. The van der Waals surface area contributed by atoms with E-state index in [1.54, 1.807) is 32.0 Å². The smallest absolute Gasteiger partial charge is 0.387 e. The Morgan fingerprint density at radius 1 is 1.32 bits per heavy atom. The molecule has 0 fully saturated rings. The third-order valence-corrected chi connectivity index (χ3v) is 4.09. The minimum atomic E-state index is -3.42. The number of alkyl halides is 2. The molecule has 1 aromatic carbocycles. The second-order valence-electron chi connectivity index (χ2n) is 4.07. The Labute approximate surface area is 111 Å². The number of hydrogen-bond acceptors (Lipinski definition) is 3. The fraction of sp³-hybridized carbons (Fsp3) is 0.500. The lowest BCUT2D eigenvalue weighted by Gasteiger charge is -2.17. The first kappa shape index (κ1) is 15.8. The molecule has 0 aliphatic rings. The molecule has 108 valence electrons. The van der Waals surface area contributed by atoms with Gasteiger partial charge in [-0.2, -0.15) is 8.78 Å². The van der Waals surface area contributed by atoms with Crippen LogP contribution in [-0.2, 0) is 10.0 Å². The quantitative estimate of drug-likeness (QED) is 0.841. The van der Waals surface area contributed by atoms with Crippen LogP contribution in [0.2, 0.25) is 0 Å². The molecule has 1 aromatic rings. The third-order valence-electron chi connectivity index (χ3n) is 2.43. The molecular weight excluding hydrogens is 276 g/mol. The minimum absolute atomic E-state index is 0.00475. The summed E-state index contributed by atoms with van der Waals surface area (Å²) in [5.41, 5.74) is 0.377. The van der Waals surface area contributed by atoms with Gasteiger partial charge < -0.3 is 4.74 Å². The summed E-state index contributed by atoms with van der Waals surface area (Å²) in [7, 11) is -3.42. The molecule has 0 saturated carbocycles. The summed E-state index contributed by atoms with van der Waals surface area (Å²) in [5.74, 6) is -0.0286. The van der Waals surface area contributed by atoms with E-state index in [0.29, 0.717) is 12.0 Å². The molecule has 0 aromatic heterocycles. The second-order valence-corrected chi connectivity index (χ2v) is 5.95. The zero-order valence-electron chi connectivity index (χ0n) is 10.8. The molecule has 0 amide bonds. The molecule has 0 aliphatic heterocycles. The highest BCUT2D eigenvalue weighted by molar-refractivity contribution is 7.89. The summed E-state index contributed by atoms with van der Waals surface area (Å²) in [6, 6.07) is 5.49. The van der Waals surface area contributed by atoms with Crippen LogP contribution in [0.25, 0.3) is 0 Å². The lowest BCUT2D eigenvalue weighted by Crippen LogP contribution is -2.29. The van der Waals surface area contributed by atoms with Crippen molar-refractivity contribution in [2.75, 3.05) is 5.75 Å². The van der Waals surface area contributed by atoms with Crippen LogP contribution in [0.3, 0.4) is 0 Å². The fourth-order valence-electron chi connectivity index (χ4n) is 1.70.